The molecule has 2 aliphatic heterocycles. The fraction of sp³-hybridized carbons (Fsp3) is 0.609. The minimum absolute atomic E-state index is 0.00702. The first-order valence-electron chi connectivity index (χ1n) is 11.5. The molecule has 5 rings (SSSR count). The Balaban J connectivity index is 1.25. The zero-order valence-electron chi connectivity index (χ0n) is 19.0. The summed E-state index contributed by atoms with van der Waals surface area (Å²) in [6.45, 7) is 4.24. The summed E-state index contributed by atoms with van der Waals surface area (Å²) in [5.41, 5.74) is 1.05. The third kappa shape index (κ3) is 4.32. The van der Waals surface area contributed by atoms with Gasteiger partial charge >= 0.3 is 6.09 Å². The quantitative estimate of drug-likeness (QED) is 0.700. The maximum Gasteiger partial charge on any atom is 0.407 e. The van der Waals surface area contributed by atoms with Crippen LogP contribution in [0.1, 0.15) is 62.6 Å². The summed E-state index contributed by atoms with van der Waals surface area (Å²) in [4.78, 5) is 20.6. The number of piperidine rings is 1. The van der Waals surface area contributed by atoms with Crippen LogP contribution in [-0.4, -0.2) is 66.6 Å². The molecule has 9 nitrogen and oxygen atoms in total. The Morgan fingerprint density at radius 3 is 2.48 bits per heavy atom. The number of sulfone groups is 1. The molecule has 0 radical (unpaired) electrons. The summed E-state index contributed by atoms with van der Waals surface area (Å²) < 4.78 is 29.0. The van der Waals surface area contributed by atoms with E-state index in [2.05, 4.69) is 17.0 Å². The van der Waals surface area contributed by atoms with E-state index in [-0.39, 0.29) is 23.3 Å². The van der Waals surface area contributed by atoms with E-state index in [0.29, 0.717) is 29.6 Å². The van der Waals surface area contributed by atoms with Gasteiger partial charge in [0.1, 0.15) is 0 Å². The predicted molar refractivity (Wildman–Crippen MR) is 121 cm³/mol. The van der Waals surface area contributed by atoms with Crippen LogP contribution in [0.25, 0.3) is 0 Å². The van der Waals surface area contributed by atoms with Gasteiger partial charge in [-0.3, -0.25) is 0 Å². The van der Waals surface area contributed by atoms with Gasteiger partial charge < -0.3 is 19.4 Å². The number of carboxylic acid groups (broad SMARTS) is 1. The first-order chi connectivity index (χ1) is 15.6. The summed E-state index contributed by atoms with van der Waals surface area (Å²) >= 11 is 0. The lowest BCUT2D eigenvalue weighted by atomic mass is 9.82. The molecular weight excluding hydrogens is 444 g/mol. The average Bonchev–Trinajstić information content (AvgIpc) is 3.19. The van der Waals surface area contributed by atoms with Crippen molar-refractivity contribution >= 4 is 21.6 Å². The van der Waals surface area contributed by atoms with E-state index < -0.39 is 15.9 Å². The van der Waals surface area contributed by atoms with E-state index in [1.807, 2.05) is 12.1 Å². The van der Waals surface area contributed by atoms with Crippen LogP contribution in [0.3, 0.4) is 0 Å². The van der Waals surface area contributed by atoms with E-state index in [1.165, 1.54) is 6.26 Å². The molecule has 0 spiro atoms. The minimum atomic E-state index is -3.21. The Kier molecular flexibility index (Phi) is 5.38. The normalized spacial score (nSPS) is 27.0. The van der Waals surface area contributed by atoms with Crippen molar-refractivity contribution in [3.8, 4) is 0 Å². The van der Waals surface area contributed by atoms with Crippen molar-refractivity contribution in [3.63, 3.8) is 0 Å². The van der Waals surface area contributed by atoms with Crippen LogP contribution in [0.15, 0.2) is 33.7 Å². The first kappa shape index (κ1) is 22.2. The highest BCUT2D eigenvalue weighted by molar-refractivity contribution is 7.90. The lowest BCUT2D eigenvalue weighted by Gasteiger charge is -2.40. The molecule has 1 aromatic carbocycles. The Morgan fingerprint density at radius 1 is 1.15 bits per heavy atom. The molecule has 1 aliphatic carbocycles. The van der Waals surface area contributed by atoms with Crippen molar-refractivity contribution in [2.24, 2.45) is 5.41 Å². The molecule has 1 aromatic heterocycles. The van der Waals surface area contributed by atoms with Crippen LogP contribution in [0.2, 0.25) is 0 Å². The maximum atomic E-state index is 11.7. The summed E-state index contributed by atoms with van der Waals surface area (Å²) in [5, 5.41) is 13.9. The third-order valence-corrected chi connectivity index (χ3v) is 8.81. The van der Waals surface area contributed by atoms with E-state index in [1.54, 1.807) is 17.0 Å². The molecule has 1 N–H and O–H groups in total. The second-order valence-corrected chi connectivity index (χ2v) is 12.1. The number of anilines is 1. The van der Waals surface area contributed by atoms with E-state index in [0.717, 1.165) is 44.5 Å². The van der Waals surface area contributed by atoms with Crippen molar-refractivity contribution < 1.29 is 22.8 Å². The summed E-state index contributed by atoms with van der Waals surface area (Å²) in [7, 11) is -3.21. The topological polar surface area (TPSA) is 117 Å². The third-order valence-electron chi connectivity index (χ3n) is 7.68. The van der Waals surface area contributed by atoms with Crippen LogP contribution < -0.4 is 4.90 Å². The highest BCUT2D eigenvalue weighted by Crippen LogP contribution is 2.53. The second kappa shape index (κ2) is 8.00. The number of hydrogen-bond acceptors (Lipinski definition) is 7. The zero-order chi connectivity index (χ0) is 23.4. The van der Waals surface area contributed by atoms with Gasteiger partial charge in [-0.25, -0.2) is 13.2 Å². The molecule has 2 saturated heterocycles. The number of hydrogen-bond donors (Lipinski definition) is 1. The molecule has 10 heteroatoms. The van der Waals surface area contributed by atoms with Crippen molar-refractivity contribution in [3.05, 3.63) is 36.0 Å². The summed E-state index contributed by atoms with van der Waals surface area (Å²) in [6.07, 6.45) is 4.83. The van der Waals surface area contributed by atoms with Gasteiger partial charge in [0.2, 0.25) is 5.89 Å². The smallest absolute Gasteiger partial charge is 0.407 e. The second-order valence-electron chi connectivity index (χ2n) is 10.1. The maximum absolute atomic E-state index is 11.7. The molecule has 178 valence electrons. The number of aromatic nitrogens is 2. The Hall–Kier alpha value is -2.62. The monoisotopic (exact) mass is 474 g/mol. The van der Waals surface area contributed by atoms with Gasteiger partial charge in [0.15, 0.2) is 15.7 Å². The number of likely N-dealkylation sites (tertiary alicyclic amines) is 1. The molecule has 1 saturated carbocycles. The average molecular weight is 475 g/mol. The number of benzene rings is 1. The number of carbonyl (C=O) groups is 1. The van der Waals surface area contributed by atoms with Gasteiger partial charge in [-0.1, -0.05) is 12.1 Å². The van der Waals surface area contributed by atoms with Crippen LogP contribution >= 0.6 is 0 Å². The number of nitrogens with zero attached hydrogens (tertiary/aromatic N) is 4. The minimum Gasteiger partial charge on any atom is -0.465 e. The van der Waals surface area contributed by atoms with E-state index >= 15 is 0 Å². The van der Waals surface area contributed by atoms with Crippen molar-refractivity contribution in [2.75, 3.05) is 30.8 Å². The predicted octanol–water partition coefficient (Wildman–Crippen LogP) is 3.49. The molecule has 2 aromatic rings. The summed E-state index contributed by atoms with van der Waals surface area (Å²) in [6, 6.07) is 6.97. The highest BCUT2D eigenvalue weighted by Gasteiger charge is 2.51. The van der Waals surface area contributed by atoms with Crippen molar-refractivity contribution in [1.82, 2.24) is 15.0 Å². The molecule has 0 bridgehead atoms. The lowest BCUT2D eigenvalue weighted by molar-refractivity contribution is 0.0716. The SMILES string of the molecule is CC1([C@@H]2CC(c3noc(C4CCN(c5ccc(S(C)(=O)=O)cc5)C4)n3)CCN2C(=O)O)CC1. The fourth-order valence-corrected chi connectivity index (χ4v) is 5.93. The molecular formula is C23H30N4O5S. The van der Waals surface area contributed by atoms with E-state index in [9.17, 15) is 18.3 Å². The van der Waals surface area contributed by atoms with Gasteiger partial charge in [-0.15, -0.1) is 0 Å². The molecule has 3 aliphatic rings. The van der Waals surface area contributed by atoms with Gasteiger partial charge in [0.25, 0.3) is 0 Å². The Bertz CT molecular complexity index is 1140. The van der Waals surface area contributed by atoms with Crippen molar-refractivity contribution in [2.45, 2.75) is 61.8 Å². The molecule has 3 heterocycles. The van der Waals surface area contributed by atoms with Crippen LogP contribution in [0, 0.1) is 5.41 Å². The molecule has 1 amide bonds. The Labute approximate surface area is 193 Å². The number of amides is 1. The number of rotatable bonds is 5. The van der Waals surface area contributed by atoms with Crippen LogP contribution in [0.5, 0.6) is 0 Å². The molecule has 3 atom stereocenters. The standard InChI is InChI=1S/C23H30N4O5S/c1-23(9-10-23)19-13-15(8-12-27(19)22(28)29)20-24-21(32-25-20)16-7-11-26(14-16)17-3-5-18(6-4-17)33(2,30)31/h3-6,15-16,19H,7-14H2,1-2H3,(H,28,29)/t15?,16?,19-/m0/s1. The van der Waals surface area contributed by atoms with Gasteiger partial charge in [-0.05, 0) is 61.8 Å². The van der Waals surface area contributed by atoms with Crippen LogP contribution in [-0.2, 0) is 9.84 Å². The zero-order valence-corrected chi connectivity index (χ0v) is 19.8. The Morgan fingerprint density at radius 2 is 1.85 bits per heavy atom. The van der Waals surface area contributed by atoms with Crippen LogP contribution in [0.4, 0.5) is 10.5 Å². The van der Waals surface area contributed by atoms with Gasteiger partial charge in [0, 0.05) is 43.5 Å². The van der Waals surface area contributed by atoms with Gasteiger partial charge in [0.05, 0.1) is 10.8 Å². The largest absolute Gasteiger partial charge is 0.465 e. The lowest BCUT2D eigenvalue weighted by Crippen LogP contribution is -2.49. The highest BCUT2D eigenvalue weighted by atomic mass is 32.2. The fourth-order valence-electron chi connectivity index (χ4n) is 5.30. The molecule has 33 heavy (non-hydrogen) atoms. The first-order valence-corrected chi connectivity index (χ1v) is 13.4. The van der Waals surface area contributed by atoms with E-state index in [4.69, 9.17) is 9.51 Å². The molecule has 3 fully saturated rings. The molecule has 2 unspecified atom stereocenters. The van der Waals surface area contributed by atoms with Gasteiger partial charge in [-0.2, -0.15) is 4.98 Å². The van der Waals surface area contributed by atoms with Crippen molar-refractivity contribution in [1.29, 1.82) is 0 Å². The summed E-state index contributed by atoms with van der Waals surface area (Å²) in [5.74, 6) is 1.56.